The van der Waals surface area contributed by atoms with Crippen molar-refractivity contribution in [1.29, 1.82) is 0 Å². The van der Waals surface area contributed by atoms with Crippen molar-refractivity contribution in [2.45, 2.75) is 24.9 Å². The lowest BCUT2D eigenvalue weighted by atomic mass is 9.89. The van der Waals surface area contributed by atoms with Gasteiger partial charge in [0, 0.05) is 18.8 Å². The summed E-state index contributed by atoms with van der Waals surface area (Å²) < 4.78 is 30.0. The predicted octanol–water partition coefficient (Wildman–Crippen LogP) is 3.60. The number of rotatable bonds is 4. The van der Waals surface area contributed by atoms with Crippen LogP contribution in [-0.4, -0.2) is 50.7 Å². The summed E-state index contributed by atoms with van der Waals surface area (Å²) in [6.07, 6.45) is 2.49. The number of ether oxygens (including phenoxy) is 3. The lowest BCUT2D eigenvalue weighted by Crippen LogP contribution is -2.39. The number of hydrogen-bond donors (Lipinski definition) is 0. The van der Waals surface area contributed by atoms with Gasteiger partial charge in [0.25, 0.3) is 0 Å². The normalized spacial score (nSPS) is 22.8. The van der Waals surface area contributed by atoms with Crippen molar-refractivity contribution in [3.05, 3.63) is 53.8 Å². The zero-order chi connectivity index (χ0) is 18.9. The van der Waals surface area contributed by atoms with Gasteiger partial charge in [0.15, 0.2) is 11.5 Å². The minimum absolute atomic E-state index is 0.201. The number of benzene rings is 2. The molecule has 2 fully saturated rings. The van der Waals surface area contributed by atoms with Crippen molar-refractivity contribution in [2.75, 3.05) is 44.6 Å². The fraction of sp³-hybridized carbons (Fsp3) is 0.455. The van der Waals surface area contributed by atoms with E-state index in [1.165, 1.54) is 17.7 Å². The number of halogens is 1. The molecule has 0 amide bonds. The highest BCUT2D eigenvalue weighted by Gasteiger charge is 2.28. The summed E-state index contributed by atoms with van der Waals surface area (Å²) in [7, 11) is 0. The Morgan fingerprint density at radius 3 is 2.57 bits per heavy atom. The molecule has 28 heavy (non-hydrogen) atoms. The number of nitrogens with zero attached hydrogens (tertiary/aromatic N) is 2. The summed E-state index contributed by atoms with van der Waals surface area (Å²) in [5, 5.41) is 0. The van der Waals surface area contributed by atoms with Crippen LogP contribution in [0.3, 0.4) is 0 Å². The van der Waals surface area contributed by atoms with E-state index in [4.69, 9.17) is 14.2 Å². The van der Waals surface area contributed by atoms with E-state index in [1.54, 1.807) is 0 Å². The van der Waals surface area contributed by atoms with Gasteiger partial charge in [0.1, 0.15) is 12.5 Å². The standard InChI is InChI=1S/C22H25FN2O3/c23-18-2-4-19(5-3-18)25-13-20(26-14-25)12-24-9-7-16(8-10-24)17-1-6-21-22(11-17)28-15-27-21/h1-6,11,16,20H,7-10,12-15H2. The van der Waals surface area contributed by atoms with Crippen molar-refractivity contribution < 1.29 is 18.6 Å². The molecule has 0 bridgehead atoms. The van der Waals surface area contributed by atoms with Crippen LogP contribution < -0.4 is 14.4 Å². The molecule has 2 aromatic carbocycles. The monoisotopic (exact) mass is 384 g/mol. The van der Waals surface area contributed by atoms with Gasteiger partial charge in [0.2, 0.25) is 6.79 Å². The van der Waals surface area contributed by atoms with Crippen molar-refractivity contribution in [2.24, 2.45) is 0 Å². The van der Waals surface area contributed by atoms with Gasteiger partial charge in [-0.1, -0.05) is 6.07 Å². The van der Waals surface area contributed by atoms with Crippen LogP contribution in [0.4, 0.5) is 10.1 Å². The predicted molar refractivity (Wildman–Crippen MR) is 104 cm³/mol. The van der Waals surface area contributed by atoms with Crippen LogP contribution in [0.25, 0.3) is 0 Å². The Kier molecular flexibility index (Phi) is 4.82. The summed E-state index contributed by atoms with van der Waals surface area (Å²) in [5.74, 6) is 2.10. The maximum Gasteiger partial charge on any atom is 0.231 e. The molecule has 6 heteroatoms. The molecule has 1 unspecified atom stereocenters. The molecule has 5 rings (SSSR count). The Balaban J connectivity index is 1.12. The number of likely N-dealkylation sites (tertiary alicyclic amines) is 1. The summed E-state index contributed by atoms with van der Waals surface area (Å²) >= 11 is 0. The Morgan fingerprint density at radius 2 is 1.75 bits per heavy atom. The molecule has 0 spiro atoms. The number of anilines is 1. The van der Waals surface area contributed by atoms with Gasteiger partial charge in [-0.2, -0.15) is 0 Å². The maximum absolute atomic E-state index is 13.1. The van der Waals surface area contributed by atoms with E-state index in [9.17, 15) is 4.39 Å². The molecular formula is C22H25FN2O3. The first-order valence-corrected chi connectivity index (χ1v) is 9.98. The highest BCUT2D eigenvalue weighted by Crippen LogP contribution is 2.37. The van der Waals surface area contributed by atoms with E-state index in [2.05, 4.69) is 21.9 Å². The van der Waals surface area contributed by atoms with Gasteiger partial charge < -0.3 is 24.0 Å². The van der Waals surface area contributed by atoms with Gasteiger partial charge in [-0.25, -0.2) is 4.39 Å². The molecule has 0 aromatic heterocycles. The van der Waals surface area contributed by atoms with Crippen LogP contribution in [0.15, 0.2) is 42.5 Å². The third-order valence-corrected chi connectivity index (χ3v) is 6.00. The van der Waals surface area contributed by atoms with Crippen molar-refractivity contribution in [3.8, 4) is 11.5 Å². The second-order valence-electron chi connectivity index (χ2n) is 7.80. The molecule has 1 atom stereocenters. The fourth-order valence-corrected chi connectivity index (χ4v) is 4.39. The molecule has 0 saturated carbocycles. The minimum Gasteiger partial charge on any atom is -0.454 e. The SMILES string of the molecule is Fc1ccc(N2COC(CN3CCC(c4ccc5c(c4)OCO5)CC3)C2)cc1. The third kappa shape index (κ3) is 3.66. The zero-order valence-electron chi connectivity index (χ0n) is 15.9. The summed E-state index contributed by atoms with van der Waals surface area (Å²) in [5.41, 5.74) is 2.37. The molecule has 0 N–H and O–H groups in total. The first-order chi connectivity index (χ1) is 13.7. The van der Waals surface area contributed by atoms with Gasteiger partial charge in [-0.15, -0.1) is 0 Å². The van der Waals surface area contributed by atoms with Crippen molar-refractivity contribution in [1.82, 2.24) is 4.90 Å². The van der Waals surface area contributed by atoms with Gasteiger partial charge in [-0.3, -0.25) is 0 Å². The molecule has 3 aliphatic heterocycles. The molecular weight excluding hydrogens is 359 g/mol. The first-order valence-electron chi connectivity index (χ1n) is 9.98. The van der Waals surface area contributed by atoms with E-state index < -0.39 is 0 Å². The van der Waals surface area contributed by atoms with Gasteiger partial charge in [-0.05, 0) is 73.8 Å². The van der Waals surface area contributed by atoms with E-state index >= 15 is 0 Å². The number of fused-ring (bicyclic) bond motifs is 1. The molecule has 3 heterocycles. The smallest absolute Gasteiger partial charge is 0.231 e. The first kappa shape index (κ1) is 17.8. The molecule has 2 aromatic rings. The summed E-state index contributed by atoms with van der Waals surface area (Å²) in [6, 6.07) is 13.0. The van der Waals surface area contributed by atoms with Crippen LogP contribution >= 0.6 is 0 Å². The van der Waals surface area contributed by atoms with E-state index in [1.807, 2.05) is 18.2 Å². The van der Waals surface area contributed by atoms with Crippen LogP contribution in [0.2, 0.25) is 0 Å². The number of piperidine rings is 1. The minimum atomic E-state index is -0.203. The molecule has 148 valence electrons. The quantitative estimate of drug-likeness (QED) is 0.805. The fourth-order valence-electron chi connectivity index (χ4n) is 4.39. The molecule has 5 nitrogen and oxygen atoms in total. The molecule has 2 saturated heterocycles. The summed E-state index contributed by atoms with van der Waals surface area (Å²) in [6.45, 7) is 4.86. The molecule has 0 radical (unpaired) electrons. The van der Waals surface area contributed by atoms with Gasteiger partial charge >= 0.3 is 0 Å². The topological polar surface area (TPSA) is 34.2 Å². The maximum atomic E-state index is 13.1. The Bertz CT molecular complexity index is 821. The van der Waals surface area contributed by atoms with E-state index in [-0.39, 0.29) is 11.9 Å². The highest BCUT2D eigenvalue weighted by atomic mass is 19.1. The Hall–Kier alpha value is -2.31. The molecule has 0 aliphatic carbocycles. The zero-order valence-corrected chi connectivity index (χ0v) is 15.9. The van der Waals surface area contributed by atoms with Crippen LogP contribution in [-0.2, 0) is 4.74 Å². The lowest BCUT2D eigenvalue weighted by molar-refractivity contribution is 0.0692. The van der Waals surface area contributed by atoms with Crippen LogP contribution in [0, 0.1) is 5.82 Å². The Morgan fingerprint density at radius 1 is 0.964 bits per heavy atom. The van der Waals surface area contributed by atoms with Crippen molar-refractivity contribution >= 4 is 5.69 Å². The van der Waals surface area contributed by atoms with E-state index in [0.29, 0.717) is 19.4 Å². The van der Waals surface area contributed by atoms with E-state index in [0.717, 1.165) is 56.2 Å². The Labute approximate surface area is 164 Å². The summed E-state index contributed by atoms with van der Waals surface area (Å²) in [4.78, 5) is 4.67. The van der Waals surface area contributed by atoms with Crippen molar-refractivity contribution in [3.63, 3.8) is 0 Å². The molecule has 3 aliphatic rings. The largest absolute Gasteiger partial charge is 0.454 e. The van der Waals surface area contributed by atoms with Crippen LogP contribution in [0.1, 0.15) is 24.3 Å². The number of hydrogen-bond acceptors (Lipinski definition) is 5. The second kappa shape index (κ2) is 7.60. The van der Waals surface area contributed by atoms with Crippen LogP contribution in [0.5, 0.6) is 11.5 Å². The second-order valence-corrected chi connectivity index (χ2v) is 7.80. The lowest BCUT2D eigenvalue weighted by Gasteiger charge is -2.33. The van der Waals surface area contributed by atoms with Gasteiger partial charge in [0.05, 0.1) is 6.10 Å². The highest BCUT2D eigenvalue weighted by molar-refractivity contribution is 5.47. The average molecular weight is 384 g/mol. The third-order valence-electron chi connectivity index (χ3n) is 6.00. The average Bonchev–Trinajstić information content (AvgIpc) is 3.38.